The molecule has 134 valence electrons. The SMILES string of the molecule is CC(=O)N[C@@H]1[C@@H](N)C=C(OC(=O)O)O[C@H]1C(=O)N1C(C)CCC1C. The highest BCUT2D eigenvalue weighted by Crippen LogP contribution is 2.28. The number of hydrogen-bond donors (Lipinski definition) is 3. The van der Waals surface area contributed by atoms with E-state index >= 15 is 0 Å². The fourth-order valence-electron chi connectivity index (χ4n) is 3.23. The van der Waals surface area contributed by atoms with Crippen molar-refractivity contribution in [2.45, 2.75) is 63.9 Å². The number of hydrogen-bond acceptors (Lipinski definition) is 6. The first-order valence-corrected chi connectivity index (χ1v) is 7.84. The van der Waals surface area contributed by atoms with Crippen molar-refractivity contribution in [3.63, 3.8) is 0 Å². The lowest BCUT2D eigenvalue weighted by Crippen LogP contribution is -2.62. The topological polar surface area (TPSA) is 131 Å². The zero-order chi connectivity index (χ0) is 18.0. The minimum atomic E-state index is -1.57. The molecule has 2 aliphatic heterocycles. The van der Waals surface area contributed by atoms with Gasteiger partial charge in [-0.15, -0.1) is 0 Å². The Morgan fingerprint density at radius 1 is 1.33 bits per heavy atom. The van der Waals surface area contributed by atoms with Crippen LogP contribution in [0.15, 0.2) is 12.0 Å². The number of carboxylic acid groups (broad SMARTS) is 1. The lowest BCUT2D eigenvalue weighted by molar-refractivity contribution is -0.151. The van der Waals surface area contributed by atoms with Crippen LogP contribution < -0.4 is 11.1 Å². The molecule has 2 aliphatic rings. The molecular weight excluding hydrogens is 318 g/mol. The van der Waals surface area contributed by atoms with E-state index in [2.05, 4.69) is 10.1 Å². The zero-order valence-corrected chi connectivity index (χ0v) is 13.9. The summed E-state index contributed by atoms with van der Waals surface area (Å²) in [4.78, 5) is 36.8. The van der Waals surface area contributed by atoms with Crippen LogP contribution in [0.1, 0.15) is 33.6 Å². The highest BCUT2D eigenvalue weighted by molar-refractivity contribution is 5.84. The number of amides is 2. The Morgan fingerprint density at radius 3 is 2.42 bits per heavy atom. The number of ether oxygens (including phenoxy) is 2. The fourth-order valence-corrected chi connectivity index (χ4v) is 3.23. The summed E-state index contributed by atoms with van der Waals surface area (Å²) >= 11 is 0. The third-order valence-corrected chi connectivity index (χ3v) is 4.32. The van der Waals surface area contributed by atoms with E-state index in [9.17, 15) is 14.4 Å². The van der Waals surface area contributed by atoms with Crippen molar-refractivity contribution >= 4 is 18.0 Å². The molecule has 9 nitrogen and oxygen atoms in total. The summed E-state index contributed by atoms with van der Waals surface area (Å²) < 4.78 is 9.93. The van der Waals surface area contributed by atoms with E-state index in [4.69, 9.17) is 15.6 Å². The van der Waals surface area contributed by atoms with Crippen LogP contribution in [-0.4, -0.2) is 58.2 Å². The molecule has 5 atom stereocenters. The van der Waals surface area contributed by atoms with Crippen LogP contribution in [-0.2, 0) is 19.1 Å². The van der Waals surface area contributed by atoms with Gasteiger partial charge in [0.25, 0.3) is 11.9 Å². The van der Waals surface area contributed by atoms with Gasteiger partial charge in [-0.3, -0.25) is 9.59 Å². The maximum Gasteiger partial charge on any atom is 0.513 e. The molecule has 24 heavy (non-hydrogen) atoms. The van der Waals surface area contributed by atoms with E-state index in [0.29, 0.717) is 0 Å². The van der Waals surface area contributed by atoms with Gasteiger partial charge in [0.1, 0.15) is 0 Å². The van der Waals surface area contributed by atoms with Crippen LogP contribution >= 0.6 is 0 Å². The van der Waals surface area contributed by atoms with Crippen molar-refractivity contribution in [1.29, 1.82) is 0 Å². The van der Waals surface area contributed by atoms with Crippen molar-refractivity contribution in [1.82, 2.24) is 10.2 Å². The summed E-state index contributed by atoms with van der Waals surface area (Å²) in [7, 11) is 0. The van der Waals surface area contributed by atoms with Gasteiger partial charge in [0.15, 0.2) is 0 Å². The summed E-state index contributed by atoms with van der Waals surface area (Å²) in [5.41, 5.74) is 5.97. The maximum absolute atomic E-state index is 13.0. The molecule has 0 spiro atoms. The zero-order valence-electron chi connectivity index (χ0n) is 13.9. The van der Waals surface area contributed by atoms with E-state index in [1.165, 1.54) is 13.0 Å². The Balaban J connectivity index is 2.27. The van der Waals surface area contributed by atoms with Crippen LogP contribution in [0.4, 0.5) is 4.79 Å². The second-order valence-corrected chi connectivity index (χ2v) is 6.22. The van der Waals surface area contributed by atoms with Gasteiger partial charge in [0.2, 0.25) is 12.0 Å². The number of nitrogens with one attached hydrogen (secondary N) is 1. The first kappa shape index (κ1) is 18.1. The van der Waals surface area contributed by atoms with E-state index in [0.717, 1.165) is 12.8 Å². The molecular formula is C15H23N3O6. The number of nitrogens with two attached hydrogens (primary N) is 1. The molecule has 2 rings (SSSR count). The van der Waals surface area contributed by atoms with Crippen LogP contribution in [0.5, 0.6) is 0 Å². The Labute approximate surface area is 139 Å². The first-order valence-electron chi connectivity index (χ1n) is 7.84. The maximum atomic E-state index is 13.0. The van der Waals surface area contributed by atoms with Crippen molar-refractivity contribution in [2.75, 3.05) is 0 Å². The summed E-state index contributed by atoms with van der Waals surface area (Å²) in [6.07, 6.45) is 0.247. The smallest absolute Gasteiger partial charge is 0.449 e. The molecule has 0 aromatic rings. The van der Waals surface area contributed by atoms with E-state index in [1.54, 1.807) is 4.90 Å². The van der Waals surface area contributed by atoms with Gasteiger partial charge in [-0.2, -0.15) is 0 Å². The standard InChI is InChI=1S/C15H23N3O6/c1-7-4-5-8(2)18(7)14(20)13-12(17-9(3)19)10(16)6-11(23-13)24-15(21)22/h6-8,10,12-13H,4-5,16H2,1-3H3,(H,17,19)(H,21,22)/t7?,8?,10-,12+,13+/m0/s1. The van der Waals surface area contributed by atoms with E-state index in [1.807, 2.05) is 13.8 Å². The van der Waals surface area contributed by atoms with Gasteiger partial charge in [-0.25, -0.2) is 4.79 Å². The van der Waals surface area contributed by atoms with Gasteiger partial charge in [0.05, 0.1) is 12.1 Å². The third kappa shape index (κ3) is 3.78. The molecule has 9 heteroatoms. The monoisotopic (exact) mass is 341 g/mol. The van der Waals surface area contributed by atoms with Gasteiger partial charge >= 0.3 is 6.16 Å². The van der Waals surface area contributed by atoms with Crippen molar-refractivity contribution in [2.24, 2.45) is 5.73 Å². The Kier molecular flexibility index (Phi) is 5.33. The van der Waals surface area contributed by atoms with Crippen molar-refractivity contribution in [3.8, 4) is 0 Å². The predicted octanol–water partition coefficient (Wildman–Crippen LogP) is 0.153. The van der Waals surface area contributed by atoms with Crippen molar-refractivity contribution < 1.29 is 29.0 Å². The van der Waals surface area contributed by atoms with Gasteiger partial charge < -0.3 is 30.5 Å². The summed E-state index contributed by atoms with van der Waals surface area (Å²) in [6, 6.07) is -1.57. The molecule has 2 unspecified atom stereocenters. The average molecular weight is 341 g/mol. The lowest BCUT2D eigenvalue weighted by atomic mass is 9.98. The minimum absolute atomic E-state index is 0.0278. The van der Waals surface area contributed by atoms with Crippen molar-refractivity contribution in [3.05, 3.63) is 12.0 Å². The van der Waals surface area contributed by atoms with Gasteiger partial charge in [-0.05, 0) is 26.7 Å². The molecule has 0 bridgehead atoms. The van der Waals surface area contributed by atoms with Gasteiger partial charge in [0, 0.05) is 25.1 Å². The highest BCUT2D eigenvalue weighted by atomic mass is 16.7. The summed E-state index contributed by atoms with van der Waals surface area (Å²) in [5, 5.41) is 11.3. The van der Waals surface area contributed by atoms with E-state index in [-0.39, 0.29) is 29.8 Å². The Hall–Kier alpha value is -2.29. The number of carbonyl (C=O) groups is 3. The van der Waals surface area contributed by atoms with Crippen LogP contribution in [0.3, 0.4) is 0 Å². The lowest BCUT2D eigenvalue weighted by Gasteiger charge is -2.38. The molecule has 1 fully saturated rings. The highest BCUT2D eigenvalue weighted by Gasteiger charge is 2.45. The molecule has 1 saturated heterocycles. The predicted molar refractivity (Wildman–Crippen MR) is 82.6 cm³/mol. The molecule has 4 N–H and O–H groups in total. The fraction of sp³-hybridized carbons (Fsp3) is 0.667. The number of nitrogens with zero attached hydrogens (tertiary/aromatic N) is 1. The van der Waals surface area contributed by atoms with Crippen LogP contribution in [0.25, 0.3) is 0 Å². The molecule has 2 heterocycles. The first-order chi connectivity index (χ1) is 11.2. The Morgan fingerprint density at radius 2 is 1.92 bits per heavy atom. The third-order valence-electron chi connectivity index (χ3n) is 4.32. The molecule has 0 aromatic heterocycles. The van der Waals surface area contributed by atoms with Gasteiger partial charge in [-0.1, -0.05) is 0 Å². The van der Waals surface area contributed by atoms with E-state index < -0.39 is 24.3 Å². The molecule has 0 aromatic carbocycles. The second kappa shape index (κ2) is 7.08. The normalized spacial score (nSPS) is 32.6. The number of carbonyl (C=O) groups excluding carboxylic acids is 2. The van der Waals surface area contributed by atoms with Crippen LogP contribution in [0, 0.1) is 0 Å². The average Bonchev–Trinajstić information content (AvgIpc) is 2.79. The summed E-state index contributed by atoms with van der Waals surface area (Å²) in [6.45, 7) is 5.17. The largest absolute Gasteiger partial charge is 0.513 e. The molecule has 2 amide bonds. The number of likely N-dealkylation sites (tertiary alicyclic amines) is 1. The second-order valence-electron chi connectivity index (χ2n) is 6.22. The molecule has 0 radical (unpaired) electrons. The molecule has 0 saturated carbocycles. The van der Waals surface area contributed by atoms with Crippen LogP contribution in [0.2, 0.25) is 0 Å². The Bertz CT molecular complexity index is 553. The summed E-state index contributed by atoms with van der Waals surface area (Å²) in [5.74, 6) is -1.06. The number of rotatable bonds is 3. The minimum Gasteiger partial charge on any atom is -0.449 e. The molecule has 0 aliphatic carbocycles. The quantitative estimate of drug-likeness (QED) is 0.623.